The normalized spacial score (nSPS) is 11.0. The summed E-state index contributed by atoms with van der Waals surface area (Å²) in [5.41, 5.74) is 10.7. The molecule has 0 amide bonds. The number of para-hydroxylation sites is 1. The summed E-state index contributed by atoms with van der Waals surface area (Å²) in [6.45, 7) is 0. The van der Waals surface area contributed by atoms with Gasteiger partial charge in [-0.15, -0.1) is 0 Å². The monoisotopic (exact) mass is 602 g/mol. The van der Waals surface area contributed by atoms with Gasteiger partial charge in [0.25, 0.3) is 0 Å². The number of benzene rings is 6. The van der Waals surface area contributed by atoms with E-state index < -0.39 is 0 Å². The number of hydrogen-bond acceptors (Lipinski definition) is 4. The number of pyridine rings is 1. The summed E-state index contributed by atoms with van der Waals surface area (Å²) in [7, 11) is 0. The van der Waals surface area contributed by atoms with E-state index in [1.807, 2.05) is 127 Å². The molecule has 2 heterocycles. The number of nitriles is 1. The molecule has 0 atom stereocenters. The molecule has 2 aromatic heterocycles. The van der Waals surface area contributed by atoms with Gasteiger partial charge < -0.3 is 4.42 Å². The molecule has 0 fully saturated rings. The second kappa shape index (κ2) is 11.7. The summed E-state index contributed by atoms with van der Waals surface area (Å²) in [4.78, 5) is 18.3. The van der Waals surface area contributed by atoms with Crippen LogP contribution in [-0.2, 0) is 0 Å². The Hall–Kier alpha value is -6.57. The van der Waals surface area contributed by atoms with Crippen molar-refractivity contribution in [1.29, 1.82) is 5.26 Å². The first kappa shape index (κ1) is 27.9. The largest absolute Gasteiger partial charge is 0.456 e. The van der Waals surface area contributed by atoms with Crippen molar-refractivity contribution in [3.05, 3.63) is 174 Å². The third-order valence-electron chi connectivity index (χ3n) is 8.53. The Labute approximate surface area is 271 Å². The summed E-state index contributed by atoms with van der Waals surface area (Å²) in [6.07, 6.45) is 0. The topological polar surface area (TPSA) is 66.9 Å². The molecule has 220 valence electrons. The molecular formula is C43H26N2O2. The van der Waals surface area contributed by atoms with Crippen molar-refractivity contribution in [3.8, 4) is 62.0 Å². The molecule has 47 heavy (non-hydrogen) atoms. The molecule has 0 aliphatic rings. The van der Waals surface area contributed by atoms with Crippen molar-refractivity contribution < 1.29 is 4.42 Å². The Morgan fingerprint density at radius 2 is 1.04 bits per heavy atom. The third-order valence-corrected chi connectivity index (χ3v) is 8.53. The molecule has 0 radical (unpaired) electrons. The van der Waals surface area contributed by atoms with Crippen LogP contribution in [0.25, 0.3) is 77.8 Å². The first-order valence-corrected chi connectivity index (χ1v) is 15.4. The van der Waals surface area contributed by atoms with Gasteiger partial charge in [-0.2, -0.15) is 5.26 Å². The van der Waals surface area contributed by atoms with E-state index in [2.05, 4.69) is 30.3 Å². The van der Waals surface area contributed by atoms with Gasteiger partial charge in [0.15, 0.2) is 0 Å². The maximum absolute atomic E-state index is 13.3. The summed E-state index contributed by atoms with van der Waals surface area (Å²) in [5, 5.41) is 11.6. The minimum Gasteiger partial charge on any atom is -0.456 e. The highest BCUT2D eigenvalue weighted by atomic mass is 16.3. The average molecular weight is 603 g/mol. The Morgan fingerprint density at radius 3 is 1.74 bits per heavy atom. The van der Waals surface area contributed by atoms with Crippen molar-refractivity contribution in [3.63, 3.8) is 0 Å². The van der Waals surface area contributed by atoms with E-state index in [-0.39, 0.29) is 5.43 Å². The molecule has 8 aromatic rings. The highest BCUT2D eigenvalue weighted by molar-refractivity contribution is 5.92. The van der Waals surface area contributed by atoms with E-state index in [4.69, 9.17) is 9.40 Å². The number of fused-ring (bicyclic) bond motifs is 2. The second-order valence-electron chi connectivity index (χ2n) is 11.4. The molecular weight excluding hydrogens is 576 g/mol. The minimum atomic E-state index is -0.0389. The van der Waals surface area contributed by atoms with Crippen LogP contribution in [0.2, 0.25) is 0 Å². The highest BCUT2D eigenvalue weighted by Gasteiger charge is 2.17. The standard InChI is InChI=1S/C43H26N2O2/c44-27-38-36(26-39(28-11-3-1-4-12-28)45-42(38)29-13-5-2-6-14-29)34-18-10-17-32(24-34)30-15-9-16-31(23-30)33-21-22-41-37(25-33)43(46)35-19-7-8-20-40(35)47-41/h1-26H. The summed E-state index contributed by atoms with van der Waals surface area (Å²) >= 11 is 0. The molecule has 6 aromatic carbocycles. The van der Waals surface area contributed by atoms with Crippen molar-refractivity contribution in [1.82, 2.24) is 4.98 Å². The van der Waals surface area contributed by atoms with Gasteiger partial charge in [0.1, 0.15) is 17.2 Å². The fraction of sp³-hybridized carbons (Fsp3) is 0. The molecule has 8 rings (SSSR count). The van der Waals surface area contributed by atoms with Crippen molar-refractivity contribution in [2.75, 3.05) is 0 Å². The SMILES string of the molecule is N#Cc1c(-c2cccc(-c3cccc(-c4ccc5oc6ccccc6c(=O)c5c4)c3)c2)cc(-c2ccccc2)nc1-c1ccccc1. The lowest BCUT2D eigenvalue weighted by molar-refractivity contribution is 0.660. The first-order valence-electron chi connectivity index (χ1n) is 15.4. The lowest BCUT2D eigenvalue weighted by atomic mass is 9.92. The Balaban J connectivity index is 1.24. The minimum absolute atomic E-state index is 0.0389. The average Bonchev–Trinajstić information content (AvgIpc) is 3.15. The van der Waals surface area contributed by atoms with Crippen LogP contribution >= 0.6 is 0 Å². The summed E-state index contributed by atoms with van der Waals surface area (Å²) in [6, 6.07) is 54.0. The zero-order valence-electron chi connectivity index (χ0n) is 25.2. The van der Waals surface area contributed by atoms with E-state index in [1.54, 1.807) is 6.07 Å². The maximum atomic E-state index is 13.3. The van der Waals surface area contributed by atoms with Gasteiger partial charge in [-0.05, 0) is 70.3 Å². The lowest BCUT2D eigenvalue weighted by Gasteiger charge is -2.14. The van der Waals surface area contributed by atoms with Crippen LogP contribution in [0.1, 0.15) is 5.56 Å². The van der Waals surface area contributed by atoms with E-state index >= 15 is 0 Å². The fourth-order valence-corrected chi connectivity index (χ4v) is 6.18. The number of aromatic nitrogens is 1. The number of hydrogen-bond donors (Lipinski definition) is 0. The van der Waals surface area contributed by atoms with Crippen LogP contribution in [-0.4, -0.2) is 4.98 Å². The van der Waals surface area contributed by atoms with Gasteiger partial charge in [0.2, 0.25) is 5.43 Å². The van der Waals surface area contributed by atoms with Crippen LogP contribution in [0.3, 0.4) is 0 Å². The van der Waals surface area contributed by atoms with Gasteiger partial charge in [-0.25, -0.2) is 4.98 Å². The van der Waals surface area contributed by atoms with E-state index in [9.17, 15) is 10.1 Å². The lowest BCUT2D eigenvalue weighted by Crippen LogP contribution is -2.01. The molecule has 4 nitrogen and oxygen atoms in total. The molecule has 0 saturated carbocycles. The fourth-order valence-electron chi connectivity index (χ4n) is 6.18. The zero-order valence-corrected chi connectivity index (χ0v) is 25.2. The molecule has 0 aliphatic carbocycles. The molecule has 0 unspecified atom stereocenters. The Bertz CT molecular complexity index is 2550. The quantitative estimate of drug-likeness (QED) is 0.184. The molecule has 0 N–H and O–H groups in total. The molecule has 0 saturated heterocycles. The van der Waals surface area contributed by atoms with Gasteiger partial charge in [-0.1, -0.05) is 115 Å². The molecule has 0 bridgehead atoms. The molecule has 0 aliphatic heterocycles. The van der Waals surface area contributed by atoms with Crippen molar-refractivity contribution in [2.24, 2.45) is 0 Å². The zero-order chi connectivity index (χ0) is 31.7. The van der Waals surface area contributed by atoms with Gasteiger partial charge in [-0.3, -0.25) is 4.79 Å². The van der Waals surface area contributed by atoms with Crippen LogP contribution in [0.4, 0.5) is 0 Å². The second-order valence-corrected chi connectivity index (χ2v) is 11.4. The molecule has 4 heteroatoms. The van der Waals surface area contributed by atoms with Crippen molar-refractivity contribution in [2.45, 2.75) is 0 Å². The predicted molar refractivity (Wildman–Crippen MR) is 190 cm³/mol. The van der Waals surface area contributed by atoms with E-state index in [0.29, 0.717) is 33.2 Å². The highest BCUT2D eigenvalue weighted by Crippen LogP contribution is 2.37. The smallest absolute Gasteiger partial charge is 0.200 e. The molecule has 0 spiro atoms. The van der Waals surface area contributed by atoms with Gasteiger partial charge in [0.05, 0.1) is 27.7 Å². The van der Waals surface area contributed by atoms with E-state index in [1.165, 1.54) is 0 Å². The third kappa shape index (κ3) is 5.16. The Kier molecular flexibility index (Phi) is 6.98. The van der Waals surface area contributed by atoms with Crippen molar-refractivity contribution >= 4 is 21.9 Å². The first-order chi connectivity index (χ1) is 23.2. The summed E-state index contributed by atoms with van der Waals surface area (Å²) in [5.74, 6) is 0. The van der Waals surface area contributed by atoms with Crippen LogP contribution in [0.5, 0.6) is 0 Å². The Morgan fingerprint density at radius 1 is 0.489 bits per heavy atom. The maximum Gasteiger partial charge on any atom is 0.200 e. The number of rotatable bonds is 5. The van der Waals surface area contributed by atoms with Gasteiger partial charge in [0, 0.05) is 16.7 Å². The summed E-state index contributed by atoms with van der Waals surface area (Å²) < 4.78 is 6.03. The van der Waals surface area contributed by atoms with Gasteiger partial charge >= 0.3 is 0 Å². The number of nitrogens with zero attached hydrogens (tertiary/aromatic N) is 2. The van der Waals surface area contributed by atoms with Crippen LogP contribution in [0, 0.1) is 11.3 Å². The predicted octanol–water partition coefficient (Wildman–Crippen LogP) is 10.5. The van der Waals surface area contributed by atoms with Crippen LogP contribution in [0.15, 0.2) is 167 Å². The van der Waals surface area contributed by atoms with Crippen LogP contribution < -0.4 is 5.43 Å². The van der Waals surface area contributed by atoms with E-state index in [0.717, 1.165) is 50.2 Å².